The number of aromatic amines is 1. The van der Waals surface area contributed by atoms with E-state index in [1.165, 1.54) is 10.9 Å². The lowest BCUT2D eigenvalue weighted by Crippen LogP contribution is -2.47. The Labute approximate surface area is 192 Å². The van der Waals surface area contributed by atoms with Gasteiger partial charge in [-0.05, 0) is 18.1 Å². The van der Waals surface area contributed by atoms with Crippen molar-refractivity contribution in [3.05, 3.63) is 48.2 Å². The molecule has 4 aliphatic rings. The number of amides is 2. The zero-order valence-electron chi connectivity index (χ0n) is 18.7. The first-order valence-electron chi connectivity index (χ1n) is 11.9. The summed E-state index contributed by atoms with van der Waals surface area (Å²) in [5, 5.41) is 4.26. The summed E-state index contributed by atoms with van der Waals surface area (Å²) in [6.07, 6.45) is 6.47. The molecule has 2 bridgehead atoms. The summed E-state index contributed by atoms with van der Waals surface area (Å²) in [6, 6.07) is 8.21. The maximum absolute atomic E-state index is 13.4. The van der Waals surface area contributed by atoms with Gasteiger partial charge in [-0.3, -0.25) is 14.5 Å². The van der Waals surface area contributed by atoms with Crippen LogP contribution in [0.15, 0.2) is 42.6 Å². The van der Waals surface area contributed by atoms with Crippen LogP contribution in [0.25, 0.3) is 10.9 Å². The van der Waals surface area contributed by atoms with Crippen molar-refractivity contribution in [2.45, 2.75) is 18.1 Å². The fraction of sp³-hybridized carbons (Fsp3) is 0.520. The number of carbonyl (C=O) groups excluding carboxylic acids is 2. The van der Waals surface area contributed by atoms with E-state index >= 15 is 0 Å². The summed E-state index contributed by atoms with van der Waals surface area (Å²) in [6.45, 7) is 5.77. The van der Waals surface area contributed by atoms with Crippen molar-refractivity contribution in [3.8, 4) is 0 Å². The van der Waals surface area contributed by atoms with Gasteiger partial charge in [0.15, 0.2) is 0 Å². The molecule has 1 aromatic carbocycles. The Kier molecular flexibility index (Phi) is 5.24. The summed E-state index contributed by atoms with van der Waals surface area (Å²) >= 11 is 0. The van der Waals surface area contributed by atoms with Crippen LogP contribution < -0.4 is 5.32 Å². The van der Waals surface area contributed by atoms with Crippen LogP contribution in [0.1, 0.15) is 5.56 Å². The molecule has 174 valence electrons. The van der Waals surface area contributed by atoms with E-state index in [0.29, 0.717) is 19.6 Å². The summed E-state index contributed by atoms with van der Waals surface area (Å²) < 4.78 is 11.6. The predicted molar refractivity (Wildman–Crippen MR) is 123 cm³/mol. The van der Waals surface area contributed by atoms with Crippen LogP contribution in [0.3, 0.4) is 0 Å². The lowest BCUT2D eigenvalue weighted by molar-refractivity contribution is -0.137. The van der Waals surface area contributed by atoms with Gasteiger partial charge >= 0.3 is 0 Å². The number of para-hydroxylation sites is 1. The maximum Gasteiger partial charge on any atom is 0.230 e. The molecule has 2 aromatic rings. The molecule has 0 saturated carbocycles. The molecule has 6 rings (SSSR count). The lowest BCUT2D eigenvalue weighted by Gasteiger charge is -2.27. The van der Waals surface area contributed by atoms with E-state index in [1.807, 2.05) is 35.4 Å². The molecule has 1 spiro atoms. The minimum atomic E-state index is -0.659. The van der Waals surface area contributed by atoms with Gasteiger partial charge in [0.25, 0.3) is 0 Å². The van der Waals surface area contributed by atoms with Gasteiger partial charge in [-0.15, -0.1) is 0 Å². The second-order valence-corrected chi connectivity index (χ2v) is 9.51. The van der Waals surface area contributed by atoms with Crippen molar-refractivity contribution in [3.63, 3.8) is 0 Å². The van der Waals surface area contributed by atoms with Crippen molar-refractivity contribution in [1.82, 2.24) is 20.1 Å². The Bertz CT molecular complexity index is 1090. The second kappa shape index (κ2) is 8.27. The second-order valence-electron chi connectivity index (χ2n) is 9.51. The molecular formula is C25H30N4O4. The van der Waals surface area contributed by atoms with Crippen LogP contribution in [-0.2, 0) is 25.5 Å². The number of benzene rings is 1. The Morgan fingerprint density at radius 1 is 1.21 bits per heavy atom. The van der Waals surface area contributed by atoms with Gasteiger partial charge in [0.2, 0.25) is 11.8 Å². The Balaban J connectivity index is 1.10. The number of hydrogen-bond acceptors (Lipinski definition) is 5. The van der Waals surface area contributed by atoms with Crippen molar-refractivity contribution in [1.29, 1.82) is 0 Å². The predicted octanol–water partition coefficient (Wildman–Crippen LogP) is 0.941. The molecule has 2 amide bonds. The third kappa shape index (κ3) is 3.57. The van der Waals surface area contributed by atoms with Gasteiger partial charge in [0.1, 0.15) is 5.60 Å². The molecule has 0 unspecified atom stereocenters. The minimum absolute atomic E-state index is 0.0371. The number of nitrogens with one attached hydrogen (secondary N) is 2. The highest BCUT2D eigenvalue weighted by atomic mass is 16.5. The monoisotopic (exact) mass is 450 g/mol. The summed E-state index contributed by atoms with van der Waals surface area (Å²) in [5.41, 5.74) is 1.65. The number of aromatic nitrogens is 1. The molecule has 2 N–H and O–H groups in total. The molecule has 0 aliphatic carbocycles. The molecule has 33 heavy (non-hydrogen) atoms. The lowest BCUT2D eigenvalue weighted by atomic mass is 9.77. The number of likely N-dealkylation sites (tertiary alicyclic amines) is 1. The third-order valence-corrected chi connectivity index (χ3v) is 7.64. The van der Waals surface area contributed by atoms with E-state index in [-0.39, 0.29) is 17.9 Å². The van der Waals surface area contributed by atoms with E-state index in [1.54, 1.807) is 0 Å². The minimum Gasteiger partial charge on any atom is -0.379 e. The highest BCUT2D eigenvalue weighted by Crippen LogP contribution is 2.51. The first kappa shape index (κ1) is 20.9. The molecule has 3 saturated heterocycles. The van der Waals surface area contributed by atoms with Crippen LogP contribution >= 0.6 is 0 Å². The van der Waals surface area contributed by atoms with Crippen LogP contribution in [-0.4, -0.2) is 90.8 Å². The molecule has 8 heteroatoms. The van der Waals surface area contributed by atoms with Crippen molar-refractivity contribution < 1.29 is 19.1 Å². The SMILES string of the molecule is O=C(NCCN1CCOCC1)[C@@H]1[C@@H]2C=C[C@]3(CN(CCc4c[nH]c5ccccc45)C(=O)[C@H]13)O2. The quantitative estimate of drug-likeness (QED) is 0.614. The molecule has 3 fully saturated rings. The number of fused-ring (bicyclic) bond motifs is 2. The number of nitrogens with zero attached hydrogens (tertiary/aromatic N) is 2. The fourth-order valence-electron chi connectivity index (χ4n) is 5.94. The van der Waals surface area contributed by atoms with E-state index in [4.69, 9.17) is 9.47 Å². The Morgan fingerprint density at radius 2 is 2.06 bits per heavy atom. The normalized spacial score (nSPS) is 31.0. The zero-order chi connectivity index (χ0) is 22.4. The van der Waals surface area contributed by atoms with Gasteiger partial charge < -0.3 is 24.7 Å². The molecular weight excluding hydrogens is 420 g/mol. The van der Waals surface area contributed by atoms with Crippen LogP contribution in [0.2, 0.25) is 0 Å². The van der Waals surface area contributed by atoms with Gasteiger partial charge in [-0.2, -0.15) is 0 Å². The van der Waals surface area contributed by atoms with Crippen molar-refractivity contribution in [2.24, 2.45) is 11.8 Å². The standard InChI is InChI=1S/C25H30N4O4/c30-23(26-8-10-28-11-13-32-14-12-28)21-20-5-7-25(33-20)16-29(24(31)22(21)25)9-6-17-15-27-19-4-2-1-3-18(17)19/h1-5,7,15,20-22,27H,6,8-14,16H2,(H,26,30)/t20-,21+,22-,25+/m0/s1. The molecule has 1 aromatic heterocycles. The number of ether oxygens (including phenoxy) is 2. The smallest absolute Gasteiger partial charge is 0.230 e. The summed E-state index contributed by atoms with van der Waals surface area (Å²) in [7, 11) is 0. The average molecular weight is 451 g/mol. The Morgan fingerprint density at radius 3 is 2.94 bits per heavy atom. The summed E-state index contributed by atoms with van der Waals surface area (Å²) in [5.74, 6) is -0.921. The number of hydrogen-bond donors (Lipinski definition) is 2. The van der Waals surface area contributed by atoms with Gasteiger partial charge in [-0.25, -0.2) is 0 Å². The first-order chi connectivity index (χ1) is 16.1. The largest absolute Gasteiger partial charge is 0.379 e. The van der Waals surface area contributed by atoms with Crippen molar-refractivity contribution in [2.75, 3.05) is 52.5 Å². The summed E-state index contributed by atoms with van der Waals surface area (Å²) in [4.78, 5) is 34.0. The molecule has 5 heterocycles. The van der Waals surface area contributed by atoms with E-state index in [9.17, 15) is 9.59 Å². The van der Waals surface area contributed by atoms with Crippen LogP contribution in [0.5, 0.6) is 0 Å². The molecule has 4 aliphatic heterocycles. The van der Waals surface area contributed by atoms with Crippen molar-refractivity contribution >= 4 is 22.7 Å². The maximum atomic E-state index is 13.4. The highest BCUT2D eigenvalue weighted by Gasteiger charge is 2.66. The third-order valence-electron chi connectivity index (χ3n) is 7.64. The molecule has 8 nitrogen and oxygen atoms in total. The van der Waals surface area contributed by atoms with Gasteiger partial charge in [-0.1, -0.05) is 30.4 Å². The number of H-pyrrole nitrogens is 1. The Hall–Kier alpha value is -2.68. The van der Waals surface area contributed by atoms with Gasteiger partial charge in [0, 0.05) is 49.8 Å². The zero-order valence-corrected chi connectivity index (χ0v) is 18.7. The van der Waals surface area contributed by atoms with E-state index in [2.05, 4.69) is 27.3 Å². The van der Waals surface area contributed by atoms with Crippen LogP contribution in [0, 0.1) is 11.8 Å². The van der Waals surface area contributed by atoms with E-state index < -0.39 is 17.4 Å². The number of carbonyl (C=O) groups is 2. The topological polar surface area (TPSA) is 86.9 Å². The first-order valence-corrected chi connectivity index (χ1v) is 11.9. The average Bonchev–Trinajstić information content (AvgIpc) is 3.58. The van der Waals surface area contributed by atoms with Crippen LogP contribution in [0.4, 0.5) is 0 Å². The van der Waals surface area contributed by atoms with Gasteiger partial charge in [0.05, 0.1) is 37.7 Å². The number of rotatable bonds is 7. The highest BCUT2D eigenvalue weighted by molar-refractivity contribution is 5.93. The van der Waals surface area contributed by atoms with E-state index in [0.717, 1.165) is 44.8 Å². The number of morpholine rings is 1. The molecule has 4 atom stereocenters. The fourth-order valence-corrected chi connectivity index (χ4v) is 5.94. The molecule has 0 radical (unpaired) electrons.